The van der Waals surface area contributed by atoms with Crippen molar-refractivity contribution in [2.45, 2.75) is 20.8 Å². The van der Waals surface area contributed by atoms with Gasteiger partial charge in [-0.1, -0.05) is 11.6 Å². The molecule has 0 fully saturated rings. The van der Waals surface area contributed by atoms with Gasteiger partial charge in [-0.25, -0.2) is 0 Å². The number of benzene rings is 1. The molecule has 1 heterocycles. The first kappa shape index (κ1) is 17.7. The number of nitrogens with one attached hydrogen (secondary N) is 1. The van der Waals surface area contributed by atoms with E-state index in [0.29, 0.717) is 27.5 Å². The van der Waals surface area contributed by atoms with Gasteiger partial charge in [-0.15, -0.1) is 0 Å². The summed E-state index contributed by atoms with van der Waals surface area (Å²) in [6, 6.07) is 4.39. The number of ketones is 2. The van der Waals surface area contributed by atoms with E-state index >= 15 is 0 Å². The number of hydrogen-bond donors (Lipinski definition) is 2. The summed E-state index contributed by atoms with van der Waals surface area (Å²) in [5.74, 6) is -0.984. The van der Waals surface area contributed by atoms with Crippen LogP contribution in [-0.4, -0.2) is 29.1 Å². The Morgan fingerprint density at radius 3 is 2.46 bits per heavy atom. The average molecular weight is 349 g/mol. The summed E-state index contributed by atoms with van der Waals surface area (Å²) in [4.78, 5) is 38.3. The van der Waals surface area contributed by atoms with Gasteiger partial charge in [-0.05, 0) is 44.5 Å². The van der Waals surface area contributed by atoms with Crippen LogP contribution in [0.25, 0.3) is 0 Å². The molecule has 126 valence electrons. The monoisotopic (exact) mass is 348 g/mol. The van der Waals surface area contributed by atoms with Crippen LogP contribution in [0.4, 0.5) is 0 Å². The third-order valence-corrected chi connectivity index (χ3v) is 3.87. The van der Waals surface area contributed by atoms with Crippen molar-refractivity contribution in [3.63, 3.8) is 0 Å². The zero-order valence-electron chi connectivity index (χ0n) is 13.5. The summed E-state index contributed by atoms with van der Waals surface area (Å²) in [5.41, 5.74) is 7.40. The molecular formula is C17H17ClN2O4. The fourth-order valence-corrected chi connectivity index (χ4v) is 2.77. The fraction of sp³-hybridized carbons (Fsp3) is 0.235. The summed E-state index contributed by atoms with van der Waals surface area (Å²) >= 11 is 5.82. The van der Waals surface area contributed by atoms with E-state index in [0.717, 1.165) is 0 Å². The number of carbonyl (C=O) groups is 3. The molecule has 0 saturated heterocycles. The third-order valence-electron chi connectivity index (χ3n) is 3.63. The van der Waals surface area contributed by atoms with Gasteiger partial charge in [0.25, 0.3) is 5.91 Å². The quantitative estimate of drug-likeness (QED) is 0.783. The second kappa shape index (κ2) is 6.88. The van der Waals surface area contributed by atoms with E-state index in [1.165, 1.54) is 25.1 Å². The van der Waals surface area contributed by atoms with Gasteiger partial charge in [0.05, 0.1) is 11.3 Å². The first-order valence-electron chi connectivity index (χ1n) is 7.17. The molecule has 0 aliphatic heterocycles. The molecule has 2 aromatic rings. The molecule has 0 aliphatic rings. The van der Waals surface area contributed by atoms with E-state index in [1.807, 2.05) is 0 Å². The van der Waals surface area contributed by atoms with Crippen LogP contribution in [0.3, 0.4) is 0 Å². The van der Waals surface area contributed by atoms with Crippen molar-refractivity contribution in [3.8, 4) is 5.75 Å². The van der Waals surface area contributed by atoms with Gasteiger partial charge in [-0.2, -0.15) is 0 Å². The normalized spacial score (nSPS) is 10.5. The van der Waals surface area contributed by atoms with Crippen LogP contribution >= 0.6 is 11.6 Å². The van der Waals surface area contributed by atoms with E-state index in [-0.39, 0.29) is 29.5 Å². The lowest BCUT2D eigenvalue weighted by Crippen LogP contribution is -2.17. The molecule has 7 heteroatoms. The molecule has 2 rings (SSSR count). The minimum atomic E-state index is -0.703. The molecule has 1 aromatic heterocycles. The Morgan fingerprint density at radius 1 is 1.25 bits per heavy atom. The van der Waals surface area contributed by atoms with E-state index in [1.54, 1.807) is 13.8 Å². The fourth-order valence-electron chi connectivity index (χ4n) is 2.59. The van der Waals surface area contributed by atoms with E-state index < -0.39 is 5.91 Å². The molecule has 0 bridgehead atoms. The number of carbonyl (C=O) groups excluding carboxylic acids is 3. The van der Waals surface area contributed by atoms with Gasteiger partial charge in [0, 0.05) is 16.3 Å². The number of aryl methyl sites for hydroxylation is 1. The lowest BCUT2D eigenvalue weighted by atomic mass is 10.1. The Kier molecular flexibility index (Phi) is 5.09. The maximum atomic E-state index is 12.4. The third kappa shape index (κ3) is 3.49. The maximum Gasteiger partial charge on any atom is 0.252 e. The Morgan fingerprint density at radius 2 is 1.92 bits per heavy atom. The Bertz CT molecular complexity index is 839. The van der Waals surface area contributed by atoms with Gasteiger partial charge in [0.1, 0.15) is 5.75 Å². The number of halogens is 1. The highest BCUT2D eigenvalue weighted by molar-refractivity contribution is 6.31. The molecule has 0 aliphatic carbocycles. The van der Waals surface area contributed by atoms with Crippen molar-refractivity contribution in [2.24, 2.45) is 5.73 Å². The van der Waals surface area contributed by atoms with Crippen molar-refractivity contribution in [2.75, 3.05) is 6.61 Å². The number of ether oxygens (including phenoxy) is 1. The lowest BCUT2D eigenvalue weighted by Gasteiger charge is -2.09. The molecule has 0 saturated carbocycles. The van der Waals surface area contributed by atoms with Crippen LogP contribution in [0.1, 0.15) is 49.4 Å². The predicted octanol–water partition coefficient (Wildman–Crippen LogP) is 2.85. The zero-order chi connectivity index (χ0) is 18.0. The molecule has 1 aromatic carbocycles. The zero-order valence-corrected chi connectivity index (χ0v) is 14.3. The highest BCUT2D eigenvalue weighted by Crippen LogP contribution is 2.23. The van der Waals surface area contributed by atoms with E-state index in [9.17, 15) is 14.4 Å². The number of H-pyrrole nitrogens is 1. The van der Waals surface area contributed by atoms with Crippen LogP contribution < -0.4 is 10.5 Å². The van der Waals surface area contributed by atoms with Crippen molar-refractivity contribution >= 4 is 29.1 Å². The van der Waals surface area contributed by atoms with Crippen LogP contribution in [0.2, 0.25) is 5.02 Å². The van der Waals surface area contributed by atoms with Crippen molar-refractivity contribution in [1.82, 2.24) is 4.98 Å². The van der Waals surface area contributed by atoms with Crippen molar-refractivity contribution in [3.05, 3.63) is 51.3 Å². The molecule has 0 spiro atoms. The number of nitrogens with two attached hydrogens (primary N) is 1. The number of aromatic nitrogens is 1. The summed E-state index contributed by atoms with van der Waals surface area (Å²) in [6.07, 6.45) is 0. The summed E-state index contributed by atoms with van der Waals surface area (Å²) in [7, 11) is 0. The number of aromatic amines is 1. The largest absolute Gasteiger partial charge is 0.485 e. The van der Waals surface area contributed by atoms with Crippen LogP contribution in [-0.2, 0) is 0 Å². The number of hydrogen-bond acceptors (Lipinski definition) is 4. The molecule has 1 amide bonds. The smallest absolute Gasteiger partial charge is 0.252 e. The average Bonchev–Trinajstić information content (AvgIpc) is 2.80. The predicted molar refractivity (Wildman–Crippen MR) is 90.1 cm³/mol. The molecule has 0 atom stereocenters. The van der Waals surface area contributed by atoms with Crippen molar-refractivity contribution < 1.29 is 19.1 Å². The van der Waals surface area contributed by atoms with Crippen molar-refractivity contribution in [1.29, 1.82) is 0 Å². The highest BCUT2D eigenvalue weighted by atomic mass is 35.5. The molecule has 24 heavy (non-hydrogen) atoms. The molecule has 6 nitrogen and oxygen atoms in total. The second-order valence-electron chi connectivity index (χ2n) is 5.40. The summed E-state index contributed by atoms with van der Waals surface area (Å²) in [5, 5.41) is 0.337. The molecular weight excluding hydrogens is 332 g/mol. The van der Waals surface area contributed by atoms with E-state index in [4.69, 9.17) is 22.1 Å². The Hall–Kier alpha value is -2.60. The van der Waals surface area contributed by atoms with Gasteiger partial charge >= 0.3 is 0 Å². The van der Waals surface area contributed by atoms with Crippen LogP contribution in [0.15, 0.2) is 18.2 Å². The van der Waals surface area contributed by atoms with Gasteiger partial charge in [-0.3, -0.25) is 14.4 Å². The SMILES string of the molecule is CC(=O)c1c(C)[nH]c(C(=O)COc2ccc(Cl)cc2C(N)=O)c1C. The summed E-state index contributed by atoms with van der Waals surface area (Å²) in [6.45, 7) is 4.57. The van der Waals surface area contributed by atoms with Gasteiger partial charge < -0.3 is 15.5 Å². The first-order valence-corrected chi connectivity index (χ1v) is 7.55. The summed E-state index contributed by atoms with van der Waals surface area (Å²) < 4.78 is 5.42. The number of Topliss-reactive ketones (excluding diaryl/α,β-unsaturated/α-hetero) is 2. The minimum absolute atomic E-state index is 0.0964. The minimum Gasteiger partial charge on any atom is -0.485 e. The maximum absolute atomic E-state index is 12.4. The Balaban J connectivity index is 2.22. The van der Waals surface area contributed by atoms with Crippen LogP contribution in [0, 0.1) is 13.8 Å². The molecule has 0 unspecified atom stereocenters. The van der Waals surface area contributed by atoms with E-state index in [2.05, 4.69) is 4.98 Å². The van der Waals surface area contributed by atoms with Gasteiger partial charge in [0.2, 0.25) is 5.78 Å². The number of rotatable bonds is 6. The molecule has 3 N–H and O–H groups in total. The lowest BCUT2D eigenvalue weighted by molar-refractivity contribution is 0.0907. The highest BCUT2D eigenvalue weighted by Gasteiger charge is 2.20. The number of amides is 1. The number of primary amides is 1. The second-order valence-corrected chi connectivity index (χ2v) is 5.83. The van der Waals surface area contributed by atoms with Crippen LogP contribution in [0.5, 0.6) is 5.75 Å². The molecule has 0 radical (unpaired) electrons. The first-order chi connectivity index (χ1) is 11.2. The topological polar surface area (TPSA) is 102 Å². The Labute approximate surface area is 143 Å². The standard InChI is InChI=1S/C17H17ClN2O4/c1-8-15(10(3)21)9(2)20-16(8)13(22)7-24-14-5-4-11(18)6-12(14)17(19)23/h4-6,20H,7H2,1-3H3,(H2,19,23). The van der Waals surface area contributed by atoms with Gasteiger partial charge in [0.15, 0.2) is 12.4 Å².